The first kappa shape index (κ1) is 12.3. The van der Waals surface area contributed by atoms with Gasteiger partial charge in [0.2, 0.25) is 0 Å². The van der Waals surface area contributed by atoms with Gasteiger partial charge in [0.15, 0.2) is 0 Å². The van der Waals surface area contributed by atoms with E-state index in [1.807, 2.05) is 13.0 Å². The maximum Gasteiger partial charge on any atom is 0.00371 e. The van der Waals surface area contributed by atoms with Gasteiger partial charge in [-0.3, -0.25) is 0 Å². The van der Waals surface area contributed by atoms with E-state index in [1.54, 1.807) is 0 Å². The van der Waals surface area contributed by atoms with Crippen molar-refractivity contribution in [2.24, 2.45) is 5.73 Å². The topological polar surface area (TPSA) is 26.0 Å². The zero-order valence-electron chi connectivity index (χ0n) is 9.05. The molecule has 0 saturated carbocycles. The van der Waals surface area contributed by atoms with E-state index in [2.05, 4.69) is 19.1 Å². The Kier molecular flexibility index (Phi) is 8.85. The molecule has 0 aromatic carbocycles. The van der Waals surface area contributed by atoms with Crippen LogP contribution < -0.4 is 5.73 Å². The average molecular weight is 181 g/mol. The predicted octanol–water partition coefficient (Wildman–Crippen LogP) is 3.77. The van der Waals surface area contributed by atoms with E-state index >= 15 is 0 Å². The summed E-state index contributed by atoms with van der Waals surface area (Å²) in [6.07, 6.45) is 13.9. The lowest BCUT2D eigenvalue weighted by atomic mass is 10.1. The van der Waals surface area contributed by atoms with Gasteiger partial charge in [0, 0.05) is 5.70 Å². The van der Waals surface area contributed by atoms with Crippen LogP contribution in [-0.4, -0.2) is 0 Å². The van der Waals surface area contributed by atoms with Crippen LogP contribution in [0.3, 0.4) is 0 Å². The summed E-state index contributed by atoms with van der Waals surface area (Å²) in [6.45, 7) is 4.08. The third-order valence-electron chi connectivity index (χ3n) is 2.19. The van der Waals surface area contributed by atoms with Gasteiger partial charge < -0.3 is 5.73 Å². The van der Waals surface area contributed by atoms with Gasteiger partial charge in [-0.05, 0) is 39.5 Å². The summed E-state index contributed by atoms with van der Waals surface area (Å²) < 4.78 is 0. The SMILES string of the molecule is C/C=C(\N)CCCCCC/C=C/C. The van der Waals surface area contributed by atoms with Crippen LogP contribution in [0.1, 0.15) is 52.4 Å². The molecule has 0 rings (SSSR count). The van der Waals surface area contributed by atoms with Crippen molar-refractivity contribution in [2.75, 3.05) is 0 Å². The number of rotatable bonds is 7. The molecule has 0 amide bonds. The Morgan fingerprint density at radius 1 is 1.08 bits per heavy atom. The minimum absolute atomic E-state index is 1.04. The molecule has 0 fully saturated rings. The number of allylic oxidation sites excluding steroid dienone is 4. The molecule has 2 N–H and O–H groups in total. The van der Waals surface area contributed by atoms with Crippen molar-refractivity contribution in [3.8, 4) is 0 Å². The summed E-state index contributed by atoms with van der Waals surface area (Å²) >= 11 is 0. The highest BCUT2D eigenvalue weighted by Gasteiger charge is 1.90. The van der Waals surface area contributed by atoms with Gasteiger partial charge in [0.05, 0.1) is 0 Å². The Balaban J connectivity index is 3.08. The standard InChI is InChI=1S/C12H23N/c1-3-5-6-7-8-9-10-11-12(13)4-2/h3-5H,6-11,13H2,1-2H3/b5-3+,12-4-. The lowest BCUT2D eigenvalue weighted by molar-refractivity contribution is 0.642. The van der Waals surface area contributed by atoms with Gasteiger partial charge >= 0.3 is 0 Å². The van der Waals surface area contributed by atoms with Crippen molar-refractivity contribution in [1.82, 2.24) is 0 Å². The van der Waals surface area contributed by atoms with Crippen LogP contribution in [0.2, 0.25) is 0 Å². The second kappa shape index (κ2) is 9.37. The van der Waals surface area contributed by atoms with Crippen molar-refractivity contribution in [1.29, 1.82) is 0 Å². The summed E-state index contributed by atoms with van der Waals surface area (Å²) in [7, 11) is 0. The zero-order chi connectivity index (χ0) is 9.94. The molecule has 1 nitrogen and oxygen atoms in total. The molecule has 0 aliphatic carbocycles. The fraction of sp³-hybridized carbons (Fsp3) is 0.667. The van der Waals surface area contributed by atoms with E-state index in [-0.39, 0.29) is 0 Å². The Bertz CT molecular complexity index is 157. The van der Waals surface area contributed by atoms with E-state index in [0.29, 0.717) is 0 Å². The van der Waals surface area contributed by atoms with E-state index in [1.165, 1.54) is 32.1 Å². The van der Waals surface area contributed by atoms with Crippen LogP contribution in [0.4, 0.5) is 0 Å². The molecule has 0 aliphatic heterocycles. The molecular formula is C12H23N. The van der Waals surface area contributed by atoms with E-state index in [0.717, 1.165) is 12.1 Å². The van der Waals surface area contributed by atoms with Gasteiger partial charge in [-0.15, -0.1) is 0 Å². The number of hydrogen-bond acceptors (Lipinski definition) is 1. The molecule has 0 spiro atoms. The predicted molar refractivity (Wildman–Crippen MR) is 60.5 cm³/mol. The lowest BCUT2D eigenvalue weighted by Gasteiger charge is -2.00. The maximum atomic E-state index is 5.69. The third-order valence-corrected chi connectivity index (χ3v) is 2.19. The van der Waals surface area contributed by atoms with Crippen molar-refractivity contribution in [3.05, 3.63) is 23.9 Å². The summed E-state index contributed by atoms with van der Waals surface area (Å²) in [5, 5.41) is 0. The quantitative estimate of drug-likeness (QED) is 0.469. The molecule has 13 heavy (non-hydrogen) atoms. The number of hydrogen-bond donors (Lipinski definition) is 1. The molecule has 0 heterocycles. The molecule has 0 saturated heterocycles. The fourth-order valence-electron chi connectivity index (χ4n) is 1.26. The smallest absolute Gasteiger partial charge is 0.00371 e. The van der Waals surface area contributed by atoms with Gasteiger partial charge in [0.25, 0.3) is 0 Å². The summed E-state index contributed by atoms with van der Waals surface area (Å²) in [5.74, 6) is 0. The molecule has 76 valence electrons. The average Bonchev–Trinajstić information content (AvgIpc) is 2.16. The largest absolute Gasteiger partial charge is 0.402 e. The molecule has 0 unspecified atom stereocenters. The molecule has 0 radical (unpaired) electrons. The van der Waals surface area contributed by atoms with Gasteiger partial charge in [0.1, 0.15) is 0 Å². The van der Waals surface area contributed by atoms with Crippen LogP contribution in [-0.2, 0) is 0 Å². The van der Waals surface area contributed by atoms with Crippen molar-refractivity contribution >= 4 is 0 Å². The highest BCUT2D eigenvalue weighted by molar-refractivity contribution is 4.92. The Morgan fingerprint density at radius 3 is 2.38 bits per heavy atom. The second-order valence-corrected chi connectivity index (χ2v) is 3.39. The minimum Gasteiger partial charge on any atom is -0.402 e. The zero-order valence-corrected chi connectivity index (χ0v) is 9.05. The first-order valence-electron chi connectivity index (χ1n) is 5.33. The van der Waals surface area contributed by atoms with Crippen LogP contribution in [0, 0.1) is 0 Å². The van der Waals surface area contributed by atoms with Crippen molar-refractivity contribution < 1.29 is 0 Å². The molecule has 1 heteroatoms. The van der Waals surface area contributed by atoms with Crippen molar-refractivity contribution in [3.63, 3.8) is 0 Å². The van der Waals surface area contributed by atoms with E-state index in [9.17, 15) is 0 Å². The Labute approximate surface area is 82.7 Å². The number of nitrogens with two attached hydrogens (primary N) is 1. The third kappa shape index (κ3) is 9.19. The summed E-state index contributed by atoms with van der Waals surface area (Å²) in [4.78, 5) is 0. The molecule has 0 atom stereocenters. The van der Waals surface area contributed by atoms with Crippen LogP contribution in [0.25, 0.3) is 0 Å². The van der Waals surface area contributed by atoms with Crippen LogP contribution in [0.15, 0.2) is 23.9 Å². The van der Waals surface area contributed by atoms with E-state index < -0.39 is 0 Å². The molecular weight excluding hydrogens is 158 g/mol. The molecule has 0 bridgehead atoms. The first-order valence-corrected chi connectivity index (χ1v) is 5.33. The monoisotopic (exact) mass is 181 g/mol. The van der Waals surface area contributed by atoms with Gasteiger partial charge in [-0.1, -0.05) is 31.1 Å². The highest BCUT2D eigenvalue weighted by Crippen LogP contribution is 2.08. The molecule has 0 aliphatic rings. The molecule has 0 aromatic heterocycles. The van der Waals surface area contributed by atoms with Crippen molar-refractivity contribution in [2.45, 2.75) is 52.4 Å². The lowest BCUT2D eigenvalue weighted by Crippen LogP contribution is -1.95. The summed E-state index contributed by atoms with van der Waals surface area (Å²) in [5.41, 5.74) is 6.72. The van der Waals surface area contributed by atoms with Crippen LogP contribution >= 0.6 is 0 Å². The van der Waals surface area contributed by atoms with Crippen LogP contribution in [0.5, 0.6) is 0 Å². The van der Waals surface area contributed by atoms with Gasteiger partial charge in [-0.2, -0.15) is 0 Å². The first-order chi connectivity index (χ1) is 6.31. The number of unbranched alkanes of at least 4 members (excludes halogenated alkanes) is 4. The van der Waals surface area contributed by atoms with E-state index in [4.69, 9.17) is 5.73 Å². The Morgan fingerprint density at radius 2 is 1.77 bits per heavy atom. The second-order valence-electron chi connectivity index (χ2n) is 3.39. The van der Waals surface area contributed by atoms with Gasteiger partial charge in [-0.25, -0.2) is 0 Å². The Hall–Kier alpha value is -0.720. The molecule has 0 aromatic rings. The highest BCUT2D eigenvalue weighted by atomic mass is 14.6. The minimum atomic E-state index is 1.04. The summed E-state index contributed by atoms with van der Waals surface area (Å²) in [6, 6.07) is 0. The normalized spacial score (nSPS) is 12.6. The fourth-order valence-corrected chi connectivity index (χ4v) is 1.26. The maximum absolute atomic E-state index is 5.69.